The largest absolute Gasteiger partial charge is 0.381 e. The fraction of sp³-hybridized carbons (Fsp3) is 0.632. The summed E-state index contributed by atoms with van der Waals surface area (Å²) in [7, 11) is -3.19. The van der Waals surface area contributed by atoms with Crippen LogP contribution in [-0.4, -0.2) is 68.7 Å². The number of piperazine rings is 1. The first kappa shape index (κ1) is 19.3. The Morgan fingerprint density at radius 2 is 1.73 bits per heavy atom. The summed E-state index contributed by atoms with van der Waals surface area (Å²) in [4.78, 5) is 15.4. The molecule has 2 aliphatic heterocycles. The molecule has 0 aromatic heterocycles. The van der Waals surface area contributed by atoms with Gasteiger partial charge in [-0.05, 0) is 37.8 Å². The summed E-state index contributed by atoms with van der Waals surface area (Å²) in [6, 6.07) is 8.07. The fourth-order valence-electron chi connectivity index (χ4n) is 4.08. The van der Waals surface area contributed by atoms with Gasteiger partial charge in [-0.2, -0.15) is 4.31 Å². The molecule has 0 aliphatic carbocycles. The molecule has 0 atom stereocenters. The Balaban J connectivity index is 1.83. The quantitative estimate of drug-likeness (QED) is 0.795. The van der Waals surface area contributed by atoms with Crippen molar-refractivity contribution in [2.24, 2.45) is 0 Å². The first-order chi connectivity index (χ1) is 12.4. The van der Waals surface area contributed by atoms with Gasteiger partial charge in [-0.15, -0.1) is 0 Å². The second kappa shape index (κ2) is 7.66. The van der Waals surface area contributed by atoms with Gasteiger partial charge in [0.05, 0.1) is 11.2 Å². The number of rotatable bonds is 4. The molecule has 2 aliphatic rings. The molecule has 26 heavy (non-hydrogen) atoms. The van der Waals surface area contributed by atoms with E-state index in [2.05, 4.69) is 6.07 Å². The van der Waals surface area contributed by atoms with Gasteiger partial charge in [-0.1, -0.05) is 24.3 Å². The van der Waals surface area contributed by atoms with Crippen molar-refractivity contribution in [2.45, 2.75) is 32.1 Å². The average Bonchev–Trinajstić information content (AvgIpc) is 2.68. The van der Waals surface area contributed by atoms with Crippen LogP contribution >= 0.6 is 0 Å². The predicted molar refractivity (Wildman–Crippen MR) is 101 cm³/mol. The maximum Gasteiger partial charge on any atom is 0.233 e. The summed E-state index contributed by atoms with van der Waals surface area (Å²) in [6.45, 7) is 6.51. The van der Waals surface area contributed by atoms with E-state index in [-0.39, 0.29) is 11.7 Å². The lowest BCUT2D eigenvalue weighted by Crippen LogP contribution is -2.57. The molecule has 2 saturated heterocycles. The lowest BCUT2D eigenvalue weighted by atomic mass is 9.71. The van der Waals surface area contributed by atoms with Crippen molar-refractivity contribution >= 4 is 15.9 Å². The molecule has 1 amide bonds. The van der Waals surface area contributed by atoms with Crippen LogP contribution < -0.4 is 0 Å². The molecule has 0 N–H and O–H groups in total. The van der Waals surface area contributed by atoms with Crippen LogP contribution in [0, 0.1) is 6.92 Å². The van der Waals surface area contributed by atoms with Crippen LogP contribution in [0.4, 0.5) is 0 Å². The molecule has 0 saturated carbocycles. The SMILES string of the molecule is CCS(=O)(=O)N1CCN(C(=O)C2(c3ccccc3C)CCOCC2)CC1. The van der Waals surface area contributed by atoms with Crippen molar-refractivity contribution in [3.05, 3.63) is 35.4 Å². The topological polar surface area (TPSA) is 66.9 Å². The lowest BCUT2D eigenvalue weighted by Gasteiger charge is -2.43. The van der Waals surface area contributed by atoms with Gasteiger partial charge in [0, 0.05) is 39.4 Å². The number of hydrogen-bond donors (Lipinski definition) is 0. The monoisotopic (exact) mass is 380 g/mol. The Labute approximate surface area is 156 Å². The van der Waals surface area contributed by atoms with Crippen LogP contribution in [0.1, 0.15) is 30.9 Å². The second-order valence-electron chi connectivity index (χ2n) is 7.10. The first-order valence-corrected chi connectivity index (χ1v) is 10.9. The normalized spacial score (nSPS) is 21.5. The molecule has 3 rings (SSSR count). The minimum absolute atomic E-state index is 0.103. The van der Waals surface area contributed by atoms with Gasteiger partial charge in [0.1, 0.15) is 0 Å². The summed E-state index contributed by atoms with van der Waals surface area (Å²) < 4.78 is 31.2. The fourth-order valence-corrected chi connectivity index (χ4v) is 5.17. The molecule has 2 fully saturated rings. The number of aryl methyl sites for hydroxylation is 1. The standard InChI is InChI=1S/C19H28N2O4S/c1-3-26(23,24)21-12-10-20(11-13-21)18(22)19(8-14-25-15-9-19)17-7-5-4-6-16(17)2/h4-7H,3,8-15H2,1-2H3. The van der Waals surface area contributed by atoms with Gasteiger partial charge in [0.25, 0.3) is 0 Å². The van der Waals surface area contributed by atoms with Gasteiger partial charge in [-0.25, -0.2) is 8.42 Å². The van der Waals surface area contributed by atoms with E-state index in [1.807, 2.05) is 30.0 Å². The summed E-state index contributed by atoms with van der Waals surface area (Å²) in [5.41, 5.74) is 1.64. The predicted octanol–water partition coefficient (Wildman–Crippen LogP) is 1.54. The van der Waals surface area contributed by atoms with E-state index in [9.17, 15) is 13.2 Å². The zero-order valence-corrected chi connectivity index (χ0v) is 16.4. The van der Waals surface area contributed by atoms with Crippen molar-refractivity contribution in [1.82, 2.24) is 9.21 Å². The summed E-state index contributed by atoms with van der Waals surface area (Å²) in [5.74, 6) is 0.217. The van der Waals surface area contributed by atoms with E-state index in [0.29, 0.717) is 52.2 Å². The highest BCUT2D eigenvalue weighted by molar-refractivity contribution is 7.89. The maximum absolute atomic E-state index is 13.6. The summed E-state index contributed by atoms with van der Waals surface area (Å²) in [5, 5.41) is 0. The number of benzene rings is 1. The minimum atomic E-state index is -3.19. The molecule has 0 radical (unpaired) electrons. The van der Waals surface area contributed by atoms with Crippen LogP contribution in [0.15, 0.2) is 24.3 Å². The number of amides is 1. The van der Waals surface area contributed by atoms with Crippen molar-refractivity contribution in [3.8, 4) is 0 Å². The highest BCUT2D eigenvalue weighted by Crippen LogP contribution is 2.38. The average molecular weight is 381 g/mol. The highest BCUT2D eigenvalue weighted by atomic mass is 32.2. The number of sulfonamides is 1. The zero-order chi connectivity index (χ0) is 18.8. The molecule has 0 unspecified atom stereocenters. The van der Waals surface area contributed by atoms with Gasteiger partial charge in [0.2, 0.25) is 15.9 Å². The van der Waals surface area contributed by atoms with Crippen LogP contribution in [0.2, 0.25) is 0 Å². The Morgan fingerprint density at radius 1 is 1.12 bits per heavy atom. The summed E-state index contributed by atoms with van der Waals surface area (Å²) >= 11 is 0. The Kier molecular flexibility index (Phi) is 5.69. The highest BCUT2D eigenvalue weighted by Gasteiger charge is 2.45. The number of ether oxygens (including phenoxy) is 1. The third-order valence-electron chi connectivity index (χ3n) is 5.70. The van der Waals surface area contributed by atoms with E-state index in [0.717, 1.165) is 11.1 Å². The van der Waals surface area contributed by atoms with Crippen LogP contribution in [0.5, 0.6) is 0 Å². The van der Waals surface area contributed by atoms with Gasteiger partial charge in [-0.3, -0.25) is 4.79 Å². The Bertz CT molecular complexity index is 749. The molecule has 7 heteroatoms. The van der Waals surface area contributed by atoms with Crippen molar-refractivity contribution in [1.29, 1.82) is 0 Å². The first-order valence-electron chi connectivity index (χ1n) is 9.32. The van der Waals surface area contributed by atoms with E-state index in [4.69, 9.17) is 4.74 Å². The van der Waals surface area contributed by atoms with Crippen molar-refractivity contribution in [2.75, 3.05) is 45.1 Å². The van der Waals surface area contributed by atoms with E-state index >= 15 is 0 Å². The zero-order valence-electron chi connectivity index (χ0n) is 15.6. The van der Waals surface area contributed by atoms with E-state index in [1.54, 1.807) is 6.92 Å². The maximum atomic E-state index is 13.6. The second-order valence-corrected chi connectivity index (χ2v) is 9.36. The lowest BCUT2D eigenvalue weighted by molar-refractivity contribution is -0.142. The van der Waals surface area contributed by atoms with Gasteiger partial charge in [0.15, 0.2) is 0 Å². The molecule has 0 spiro atoms. The number of hydrogen-bond acceptors (Lipinski definition) is 4. The summed E-state index contributed by atoms with van der Waals surface area (Å²) in [6.07, 6.45) is 1.34. The third kappa shape index (κ3) is 3.52. The number of carbonyl (C=O) groups is 1. The Hall–Kier alpha value is -1.44. The number of carbonyl (C=O) groups excluding carboxylic acids is 1. The molecule has 1 aromatic carbocycles. The third-order valence-corrected chi connectivity index (χ3v) is 7.58. The van der Waals surface area contributed by atoms with E-state index < -0.39 is 15.4 Å². The number of nitrogens with zero attached hydrogens (tertiary/aromatic N) is 2. The molecule has 1 aromatic rings. The van der Waals surface area contributed by atoms with E-state index in [1.165, 1.54) is 4.31 Å². The molecule has 0 bridgehead atoms. The minimum Gasteiger partial charge on any atom is -0.381 e. The molecule has 6 nitrogen and oxygen atoms in total. The smallest absolute Gasteiger partial charge is 0.233 e. The molecular weight excluding hydrogens is 352 g/mol. The Morgan fingerprint density at radius 3 is 2.31 bits per heavy atom. The molecule has 144 valence electrons. The van der Waals surface area contributed by atoms with Crippen LogP contribution in [0.25, 0.3) is 0 Å². The van der Waals surface area contributed by atoms with Gasteiger partial charge >= 0.3 is 0 Å². The van der Waals surface area contributed by atoms with Gasteiger partial charge < -0.3 is 9.64 Å². The van der Waals surface area contributed by atoms with Crippen molar-refractivity contribution in [3.63, 3.8) is 0 Å². The van der Waals surface area contributed by atoms with Crippen LogP contribution in [0.3, 0.4) is 0 Å². The van der Waals surface area contributed by atoms with Crippen molar-refractivity contribution < 1.29 is 17.9 Å². The molecule has 2 heterocycles. The molecular formula is C19H28N2O4S. The van der Waals surface area contributed by atoms with Crippen LogP contribution in [-0.2, 0) is 25.0 Å².